The number of rotatable bonds is 12. The topological polar surface area (TPSA) is 76.0 Å². The molecule has 0 aromatic heterocycles. The van der Waals surface area contributed by atoms with Crippen LogP contribution in [-0.4, -0.2) is 29.4 Å². The summed E-state index contributed by atoms with van der Waals surface area (Å²) in [5, 5.41) is 18.4. The van der Waals surface area contributed by atoms with Gasteiger partial charge in [0.1, 0.15) is 17.3 Å². The van der Waals surface area contributed by atoms with Crippen molar-refractivity contribution in [1.82, 2.24) is 0 Å². The Morgan fingerprint density at radius 2 is 1.58 bits per heavy atom. The van der Waals surface area contributed by atoms with E-state index in [1.807, 2.05) is 12.1 Å². The Hall–Kier alpha value is -3.15. The van der Waals surface area contributed by atoms with Crippen LogP contribution in [0.4, 0.5) is 0 Å². The number of hydrogen-bond acceptors (Lipinski definition) is 5. The molecule has 0 atom stereocenters. The fourth-order valence-electron chi connectivity index (χ4n) is 2.86. The predicted octanol–water partition coefficient (Wildman–Crippen LogP) is 4.98. The third kappa shape index (κ3) is 6.95. The van der Waals surface area contributed by atoms with Gasteiger partial charge in [-0.3, -0.25) is 0 Å². The zero-order valence-corrected chi connectivity index (χ0v) is 18.0. The van der Waals surface area contributed by atoms with Gasteiger partial charge in [0.25, 0.3) is 0 Å². The van der Waals surface area contributed by atoms with Gasteiger partial charge in [0, 0.05) is 11.1 Å². The van der Waals surface area contributed by atoms with Crippen molar-refractivity contribution in [2.75, 3.05) is 13.2 Å². The lowest BCUT2D eigenvalue weighted by molar-refractivity contribution is -0.130. The van der Waals surface area contributed by atoms with E-state index in [2.05, 4.69) is 38.8 Å². The summed E-state index contributed by atoms with van der Waals surface area (Å²) >= 11 is 0. The first kappa shape index (κ1) is 24.1. The van der Waals surface area contributed by atoms with Gasteiger partial charge in [-0.25, -0.2) is 4.79 Å². The molecule has 0 unspecified atom stereocenters. The minimum atomic E-state index is -0.702. The second kappa shape index (κ2) is 11.9. The quantitative estimate of drug-likeness (QED) is 0.126. The first-order chi connectivity index (χ1) is 14.9. The standard InChI is InChI=1S/C26H30O5/c1-5-6-7-8-21-9-11-22(12-10-21)24-15-23(30-20(4)18(2)16-27)13-14-25(24)31-26(29)19(3)17-28/h9-15,27-28H,2-8,16-17H2,1H3. The van der Waals surface area contributed by atoms with Crippen LogP contribution in [0.5, 0.6) is 11.5 Å². The number of hydrogen-bond donors (Lipinski definition) is 2. The average Bonchev–Trinajstić information content (AvgIpc) is 2.79. The molecule has 2 aromatic carbocycles. The van der Waals surface area contributed by atoms with E-state index in [0.29, 0.717) is 22.6 Å². The van der Waals surface area contributed by atoms with E-state index >= 15 is 0 Å². The van der Waals surface area contributed by atoms with Crippen molar-refractivity contribution in [2.45, 2.75) is 32.6 Å². The summed E-state index contributed by atoms with van der Waals surface area (Å²) < 4.78 is 11.2. The minimum Gasteiger partial charge on any atom is -0.458 e. The highest BCUT2D eigenvalue weighted by atomic mass is 16.5. The first-order valence-corrected chi connectivity index (χ1v) is 10.3. The van der Waals surface area contributed by atoms with E-state index in [9.17, 15) is 9.90 Å². The van der Waals surface area contributed by atoms with Crippen LogP contribution in [0, 0.1) is 0 Å². The second-order valence-electron chi connectivity index (χ2n) is 7.25. The zero-order chi connectivity index (χ0) is 22.8. The number of benzene rings is 2. The molecular weight excluding hydrogens is 392 g/mol. The zero-order valence-electron chi connectivity index (χ0n) is 18.0. The highest BCUT2D eigenvalue weighted by molar-refractivity contribution is 5.91. The van der Waals surface area contributed by atoms with E-state index < -0.39 is 12.6 Å². The summed E-state index contributed by atoms with van der Waals surface area (Å²) in [7, 11) is 0. The molecule has 0 bridgehead atoms. The van der Waals surface area contributed by atoms with Gasteiger partial charge in [-0.15, -0.1) is 0 Å². The van der Waals surface area contributed by atoms with Crippen LogP contribution >= 0.6 is 0 Å². The third-order valence-corrected chi connectivity index (χ3v) is 4.79. The lowest BCUT2D eigenvalue weighted by Gasteiger charge is -2.15. The van der Waals surface area contributed by atoms with Crippen molar-refractivity contribution in [3.05, 3.63) is 84.7 Å². The predicted molar refractivity (Wildman–Crippen MR) is 123 cm³/mol. The third-order valence-electron chi connectivity index (χ3n) is 4.79. The molecule has 31 heavy (non-hydrogen) atoms. The van der Waals surface area contributed by atoms with Crippen molar-refractivity contribution in [1.29, 1.82) is 0 Å². The molecule has 0 radical (unpaired) electrons. The van der Waals surface area contributed by atoms with Crippen LogP contribution in [0.25, 0.3) is 11.1 Å². The molecular formula is C26H30O5. The summed E-state index contributed by atoms with van der Waals surface area (Å²) in [6.45, 7) is 12.4. The fourth-order valence-corrected chi connectivity index (χ4v) is 2.86. The Balaban J connectivity index is 2.36. The Morgan fingerprint density at radius 1 is 0.903 bits per heavy atom. The summed E-state index contributed by atoms with van der Waals surface area (Å²) in [4.78, 5) is 12.2. The lowest BCUT2D eigenvalue weighted by atomic mass is 10.0. The molecule has 0 saturated heterocycles. The normalized spacial score (nSPS) is 10.4. The maximum atomic E-state index is 12.2. The van der Waals surface area contributed by atoms with Gasteiger partial charge >= 0.3 is 5.97 Å². The number of carbonyl (C=O) groups excluding carboxylic acids is 1. The van der Waals surface area contributed by atoms with Crippen LogP contribution in [0.2, 0.25) is 0 Å². The maximum Gasteiger partial charge on any atom is 0.341 e. The summed E-state index contributed by atoms with van der Waals surface area (Å²) in [5.74, 6) is 0.324. The molecule has 2 rings (SSSR count). The SMILES string of the molecule is C=C(CO)C(=C)Oc1ccc(OC(=O)C(=C)CO)c(-c2ccc(CCCCC)cc2)c1. The van der Waals surface area contributed by atoms with E-state index in [1.165, 1.54) is 18.4 Å². The summed E-state index contributed by atoms with van der Waals surface area (Å²) in [5.41, 5.74) is 3.05. The van der Waals surface area contributed by atoms with Crippen molar-refractivity contribution < 1.29 is 24.5 Å². The van der Waals surface area contributed by atoms with Crippen molar-refractivity contribution >= 4 is 5.97 Å². The van der Waals surface area contributed by atoms with E-state index in [0.717, 1.165) is 18.4 Å². The van der Waals surface area contributed by atoms with E-state index in [1.54, 1.807) is 18.2 Å². The van der Waals surface area contributed by atoms with Gasteiger partial charge in [-0.05, 0) is 42.2 Å². The maximum absolute atomic E-state index is 12.2. The molecule has 0 amide bonds. The molecule has 5 heteroatoms. The molecule has 5 nitrogen and oxygen atoms in total. The number of aliphatic hydroxyl groups excluding tert-OH is 2. The van der Waals surface area contributed by atoms with Gasteiger partial charge in [-0.1, -0.05) is 63.8 Å². The Bertz CT molecular complexity index is 941. The highest BCUT2D eigenvalue weighted by Gasteiger charge is 2.15. The molecule has 164 valence electrons. The van der Waals surface area contributed by atoms with Gasteiger partial charge in [0.15, 0.2) is 0 Å². The van der Waals surface area contributed by atoms with Crippen LogP contribution in [-0.2, 0) is 11.2 Å². The van der Waals surface area contributed by atoms with Gasteiger partial charge in [0.2, 0.25) is 0 Å². The molecule has 2 aromatic rings. The van der Waals surface area contributed by atoms with Gasteiger partial charge in [0.05, 0.1) is 18.8 Å². The highest BCUT2D eigenvalue weighted by Crippen LogP contribution is 2.35. The van der Waals surface area contributed by atoms with E-state index in [4.69, 9.17) is 14.6 Å². The van der Waals surface area contributed by atoms with Crippen molar-refractivity contribution in [2.24, 2.45) is 0 Å². The second-order valence-corrected chi connectivity index (χ2v) is 7.25. The van der Waals surface area contributed by atoms with Crippen molar-refractivity contribution in [3.63, 3.8) is 0 Å². The lowest BCUT2D eigenvalue weighted by Crippen LogP contribution is -2.13. The summed E-state index contributed by atoms with van der Waals surface area (Å²) in [6.07, 6.45) is 4.52. The largest absolute Gasteiger partial charge is 0.458 e. The average molecular weight is 423 g/mol. The van der Waals surface area contributed by atoms with Crippen LogP contribution in [0.1, 0.15) is 31.7 Å². The number of unbranched alkanes of at least 4 members (excludes halogenated alkanes) is 2. The Morgan fingerprint density at radius 3 is 2.19 bits per heavy atom. The molecule has 0 aliphatic rings. The van der Waals surface area contributed by atoms with Crippen molar-refractivity contribution in [3.8, 4) is 22.6 Å². The minimum absolute atomic E-state index is 0.0369. The molecule has 0 aliphatic carbocycles. The first-order valence-electron chi connectivity index (χ1n) is 10.3. The van der Waals surface area contributed by atoms with Gasteiger partial charge < -0.3 is 19.7 Å². The molecule has 0 spiro atoms. The Kier molecular flexibility index (Phi) is 9.25. The molecule has 0 heterocycles. The molecule has 0 aliphatic heterocycles. The van der Waals surface area contributed by atoms with Crippen LogP contribution < -0.4 is 9.47 Å². The molecule has 0 fully saturated rings. The number of carbonyl (C=O) groups is 1. The monoisotopic (exact) mass is 422 g/mol. The molecule has 2 N–H and O–H groups in total. The number of aryl methyl sites for hydroxylation is 1. The van der Waals surface area contributed by atoms with E-state index in [-0.39, 0.29) is 17.9 Å². The number of esters is 1. The van der Waals surface area contributed by atoms with Crippen LogP contribution in [0.3, 0.4) is 0 Å². The molecule has 0 saturated carbocycles. The van der Waals surface area contributed by atoms with Gasteiger partial charge in [-0.2, -0.15) is 0 Å². The number of aliphatic hydroxyl groups is 2. The fraction of sp³-hybridized carbons (Fsp3) is 0.269. The number of ether oxygens (including phenoxy) is 2. The smallest absolute Gasteiger partial charge is 0.341 e. The van der Waals surface area contributed by atoms with Crippen LogP contribution in [0.15, 0.2) is 79.1 Å². The Labute approximate surface area is 184 Å². The summed E-state index contributed by atoms with van der Waals surface area (Å²) in [6, 6.07) is 13.0.